The first-order valence-corrected chi connectivity index (χ1v) is 31.6. The molecule has 0 aromatic heterocycles. The molecular weight excluding hydrogens is 952 g/mol. The smallest absolute Gasteiger partial charge is 0.550 e. The third-order valence-electron chi connectivity index (χ3n) is 14.1. The number of carbonyl (C=O) groups excluding carboxylic acids is 3. The molecule has 0 saturated heterocycles. The number of aliphatic carboxylic acids is 3. The second-order valence-corrected chi connectivity index (χ2v) is 21.4. The Bertz CT molecular complexity index is 1230. The summed E-state index contributed by atoms with van der Waals surface area (Å²) < 4.78 is 0. The van der Waals surface area contributed by atoms with Gasteiger partial charge >= 0.3 is 23.3 Å². The van der Waals surface area contributed by atoms with Crippen molar-refractivity contribution >= 4 is 41.2 Å². The van der Waals surface area contributed by atoms with Crippen LogP contribution in [-0.4, -0.2) is 51.5 Å². The minimum Gasteiger partial charge on any atom is -0.550 e. The average Bonchev–Trinajstić information content (AvgIpc) is 3.37. The molecule has 0 aliphatic rings. The number of unbranched alkanes of at least 4 members (excludes halogenated alkanes) is 43. The first-order chi connectivity index (χ1) is 36.0. The van der Waals surface area contributed by atoms with E-state index in [0.29, 0.717) is 5.56 Å². The number of aromatic hydroxyl groups is 1. The van der Waals surface area contributed by atoms with E-state index in [0.717, 1.165) is 57.8 Å². The quantitative estimate of drug-likeness (QED) is 0.0474. The molecule has 1 aromatic carbocycles. The van der Waals surface area contributed by atoms with Crippen molar-refractivity contribution in [3.8, 4) is 5.75 Å². The summed E-state index contributed by atoms with van der Waals surface area (Å²) in [6.07, 6.45) is 62.3. The summed E-state index contributed by atoms with van der Waals surface area (Å²) in [4.78, 5) is 41.4. The van der Waals surface area contributed by atoms with Crippen LogP contribution in [0.4, 0.5) is 0 Å². The molecule has 436 valence electrons. The molecule has 1 rings (SSSR count). The number of rotatable bonds is 52. The molecule has 2 N–H and O–H groups in total. The normalized spacial score (nSPS) is 10.6. The van der Waals surface area contributed by atoms with Crippen LogP contribution in [0.5, 0.6) is 5.75 Å². The van der Waals surface area contributed by atoms with Crippen LogP contribution in [0.1, 0.15) is 365 Å². The first kappa shape index (κ1) is 78.9. The molecule has 75 heavy (non-hydrogen) atoms. The van der Waals surface area contributed by atoms with Crippen LogP contribution in [0.25, 0.3) is 0 Å². The fraction of sp³-hybridized carbons (Fsp3) is 0.846. The summed E-state index contributed by atoms with van der Waals surface area (Å²) in [7, 11) is 0. The Morgan fingerprint density at radius 1 is 0.333 bits per heavy atom. The number of carboxylic acids is 4. The van der Waals surface area contributed by atoms with Crippen molar-refractivity contribution in [3.05, 3.63) is 29.3 Å². The van der Waals surface area contributed by atoms with Crippen molar-refractivity contribution in [3.63, 3.8) is 0 Å². The van der Waals surface area contributed by atoms with Crippen LogP contribution < -0.4 is 15.3 Å². The summed E-state index contributed by atoms with van der Waals surface area (Å²) in [5.41, 5.74) is 0.699. The monoisotopic (exact) mass is 1070 g/mol. The van der Waals surface area contributed by atoms with E-state index in [-0.39, 0.29) is 47.9 Å². The largest absolute Gasteiger partial charge is 3.00 e. The summed E-state index contributed by atoms with van der Waals surface area (Å²) in [5.74, 6) is -3.88. The number of aryl methyl sites for hydroxylation is 1. The van der Waals surface area contributed by atoms with E-state index in [2.05, 4.69) is 27.7 Å². The molecular formula is C65H119AlO9. The van der Waals surface area contributed by atoms with Crippen LogP contribution in [0, 0.1) is 0 Å². The predicted molar refractivity (Wildman–Crippen MR) is 313 cm³/mol. The maximum atomic E-state index is 10.7. The number of aromatic carboxylic acids is 1. The van der Waals surface area contributed by atoms with Crippen molar-refractivity contribution in [1.82, 2.24) is 0 Å². The Balaban J connectivity index is -0.000000449. The van der Waals surface area contributed by atoms with Gasteiger partial charge in [0.05, 0.1) is 0 Å². The van der Waals surface area contributed by atoms with Gasteiger partial charge in [-0.3, -0.25) is 0 Å². The van der Waals surface area contributed by atoms with Crippen molar-refractivity contribution < 1.29 is 44.7 Å². The molecule has 10 heteroatoms. The molecule has 1 aromatic rings. The molecule has 0 heterocycles. The van der Waals surface area contributed by atoms with Gasteiger partial charge in [0.2, 0.25) is 0 Å². The number of hydrogen-bond acceptors (Lipinski definition) is 8. The number of carbonyl (C=O) groups is 4. The van der Waals surface area contributed by atoms with E-state index in [1.165, 1.54) is 256 Å². The standard InChI is InChI=1S/3C18H36O2.C11H14O3.Al/c3*1-2-3-4-5-6-7-8-9-10-11-12-13-14-15-16-17-18(19)20;1-2-3-5-8-6-4-7-9(10(8)12)11(13)14;/h3*2-17H2,1H3,(H,19,20);4,6-7,12H,2-3,5H2,1H3,(H,13,14);/q;;;;+3/p-3. The van der Waals surface area contributed by atoms with Gasteiger partial charge in [-0.2, -0.15) is 0 Å². The fourth-order valence-electron chi connectivity index (χ4n) is 9.25. The molecule has 0 saturated carbocycles. The zero-order chi connectivity index (χ0) is 55.2. The van der Waals surface area contributed by atoms with Gasteiger partial charge in [-0.1, -0.05) is 316 Å². The summed E-state index contributed by atoms with van der Waals surface area (Å²) in [5, 5.41) is 49.0. The topological polar surface area (TPSA) is 178 Å². The van der Waals surface area contributed by atoms with Gasteiger partial charge in [0.15, 0.2) is 0 Å². The van der Waals surface area contributed by atoms with Crippen LogP contribution in [-0.2, 0) is 20.8 Å². The molecule has 0 amide bonds. The Morgan fingerprint density at radius 2 is 0.533 bits per heavy atom. The minimum atomic E-state index is -1.08. The number of carboxylic acid groups (broad SMARTS) is 4. The van der Waals surface area contributed by atoms with Gasteiger partial charge < -0.3 is 39.9 Å². The van der Waals surface area contributed by atoms with E-state index >= 15 is 0 Å². The number of hydrogen-bond donors (Lipinski definition) is 2. The minimum absolute atomic E-state index is 0. The van der Waals surface area contributed by atoms with Gasteiger partial charge in [0.25, 0.3) is 0 Å². The Kier molecular flexibility index (Phi) is 71.1. The third-order valence-corrected chi connectivity index (χ3v) is 14.1. The molecule has 0 fully saturated rings. The number of para-hydroxylation sites is 1. The van der Waals surface area contributed by atoms with Crippen molar-refractivity contribution in [2.45, 2.75) is 355 Å². The Morgan fingerprint density at radius 3 is 0.720 bits per heavy atom. The Hall–Kier alpha value is -2.57. The second kappa shape index (κ2) is 67.5. The van der Waals surface area contributed by atoms with E-state index < -0.39 is 23.9 Å². The average molecular weight is 1070 g/mol. The second-order valence-electron chi connectivity index (χ2n) is 21.4. The zero-order valence-electron chi connectivity index (χ0n) is 49.6. The summed E-state index contributed by atoms with van der Waals surface area (Å²) in [6, 6.07) is 4.83. The third kappa shape index (κ3) is 69.4. The molecule has 0 unspecified atom stereocenters. The molecule has 0 aliphatic heterocycles. The van der Waals surface area contributed by atoms with Crippen LogP contribution in [0.2, 0.25) is 0 Å². The zero-order valence-corrected chi connectivity index (χ0v) is 50.8. The van der Waals surface area contributed by atoms with Crippen LogP contribution in [0.3, 0.4) is 0 Å². The first-order valence-electron chi connectivity index (χ1n) is 31.6. The van der Waals surface area contributed by atoms with Crippen LogP contribution >= 0.6 is 0 Å². The SMILES string of the molecule is CCCCCCCCCCCCCCCCCC(=O)[O-].CCCCCCCCCCCCCCCCCC(=O)[O-].CCCCCCCCCCCCCCCCCC(=O)[O-].CCCCc1cccc(C(=O)O)c1O.[Al+3]. The van der Waals surface area contributed by atoms with Gasteiger partial charge in [-0.25, -0.2) is 4.79 Å². The molecule has 0 bridgehead atoms. The van der Waals surface area contributed by atoms with E-state index in [4.69, 9.17) is 5.11 Å². The molecule has 0 aliphatic carbocycles. The van der Waals surface area contributed by atoms with Crippen LogP contribution in [0.15, 0.2) is 18.2 Å². The maximum Gasteiger partial charge on any atom is 3.00 e. The van der Waals surface area contributed by atoms with Gasteiger partial charge in [0, 0.05) is 17.9 Å². The van der Waals surface area contributed by atoms with Crippen molar-refractivity contribution in [2.75, 3.05) is 0 Å². The fourth-order valence-corrected chi connectivity index (χ4v) is 9.25. The summed E-state index contributed by atoms with van der Waals surface area (Å²) in [6.45, 7) is 8.86. The molecule has 0 spiro atoms. The van der Waals surface area contributed by atoms with Gasteiger partial charge in [-0.05, 0) is 63.0 Å². The van der Waals surface area contributed by atoms with Gasteiger partial charge in [-0.15, -0.1) is 0 Å². The molecule has 9 nitrogen and oxygen atoms in total. The van der Waals surface area contributed by atoms with E-state index in [9.17, 15) is 39.6 Å². The van der Waals surface area contributed by atoms with Crippen molar-refractivity contribution in [1.29, 1.82) is 0 Å². The maximum absolute atomic E-state index is 10.7. The predicted octanol–water partition coefficient (Wildman–Crippen LogP) is 17.0. The Labute approximate surface area is 473 Å². The number of benzene rings is 1. The van der Waals surface area contributed by atoms with E-state index in [1.807, 2.05) is 0 Å². The number of phenols is 1. The molecule has 0 atom stereocenters. The summed E-state index contributed by atoms with van der Waals surface area (Å²) >= 11 is 0. The van der Waals surface area contributed by atoms with Gasteiger partial charge in [0.1, 0.15) is 11.3 Å². The molecule has 0 radical (unpaired) electrons. The van der Waals surface area contributed by atoms with E-state index in [1.54, 1.807) is 12.1 Å². The van der Waals surface area contributed by atoms with Crippen molar-refractivity contribution in [2.24, 2.45) is 0 Å².